The smallest absolute Gasteiger partial charge is 0.408 e. The highest BCUT2D eigenvalue weighted by Crippen LogP contribution is 2.36. The number of hydrogen-bond acceptors (Lipinski definition) is 3. The van der Waals surface area contributed by atoms with Crippen molar-refractivity contribution in [1.82, 2.24) is 5.32 Å². The van der Waals surface area contributed by atoms with Gasteiger partial charge in [-0.1, -0.05) is 78.3 Å². The number of amides is 1. The molecule has 1 amide bonds. The zero-order valence-corrected chi connectivity index (χ0v) is 19.0. The Hall–Kier alpha value is -2.82. The fourth-order valence-electron chi connectivity index (χ4n) is 3.43. The van der Waals surface area contributed by atoms with Gasteiger partial charge in [0.2, 0.25) is 0 Å². The summed E-state index contributed by atoms with van der Waals surface area (Å²) in [6, 6.07) is 24.0. The summed E-state index contributed by atoms with van der Waals surface area (Å²) in [6.45, 7) is 7.07. The molecule has 2 unspecified atom stereocenters. The van der Waals surface area contributed by atoms with Crippen LogP contribution in [0.25, 0.3) is 11.1 Å². The molecule has 3 aromatic rings. The maximum Gasteiger partial charge on any atom is 0.408 e. The quantitative estimate of drug-likeness (QED) is 0.480. The van der Waals surface area contributed by atoms with Crippen LogP contribution in [0.4, 0.5) is 4.79 Å². The highest BCUT2D eigenvalue weighted by Gasteiger charge is 2.37. The van der Waals surface area contributed by atoms with Gasteiger partial charge in [0.15, 0.2) is 0 Å². The minimum absolute atomic E-state index is 0.576. The van der Waals surface area contributed by atoms with Crippen LogP contribution < -0.4 is 5.32 Å². The van der Waals surface area contributed by atoms with Crippen molar-refractivity contribution < 1.29 is 14.6 Å². The molecule has 0 aliphatic carbocycles. The molecule has 31 heavy (non-hydrogen) atoms. The number of benzene rings is 3. The summed E-state index contributed by atoms with van der Waals surface area (Å²) in [5.41, 5.74) is 1.46. The number of rotatable bonds is 5. The minimum atomic E-state index is -1.40. The van der Waals surface area contributed by atoms with E-state index in [1.165, 1.54) is 0 Å². The molecule has 0 saturated carbocycles. The molecule has 0 heterocycles. The van der Waals surface area contributed by atoms with Gasteiger partial charge in [0, 0.05) is 5.02 Å². The molecule has 2 N–H and O–H groups in total. The Morgan fingerprint density at radius 1 is 0.871 bits per heavy atom. The minimum Gasteiger partial charge on any atom is -0.444 e. The van der Waals surface area contributed by atoms with Crippen LogP contribution >= 0.6 is 11.6 Å². The molecule has 0 aliphatic heterocycles. The van der Waals surface area contributed by atoms with Gasteiger partial charge in [-0.2, -0.15) is 0 Å². The van der Waals surface area contributed by atoms with E-state index in [-0.39, 0.29) is 0 Å². The largest absolute Gasteiger partial charge is 0.444 e. The van der Waals surface area contributed by atoms with E-state index in [4.69, 9.17) is 16.3 Å². The first-order valence-corrected chi connectivity index (χ1v) is 10.6. The van der Waals surface area contributed by atoms with E-state index < -0.39 is 23.3 Å². The summed E-state index contributed by atoms with van der Waals surface area (Å²) >= 11 is 6.04. The molecule has 0 aliphatic rings. The molecule has 4 nitrogen and oxygen atoms in total. The molecule has 2 atom stereocenters. The van der Waals surface area contributed by atoms with Gasteiger partial charge in [0.05, 0.1) is 6.04 Å². The van der Waals surface area contributed by atoms with Crippen molar-refractivity contribution in [3.63, 3.8) is 0 Å². The monoisotopic (exact) mass is 437 g/mol. The van der Waals surface area contributed by atoms with Gasteiger partial charge < -0.3 is 15.2 Å². The molecule has 0 aromatic heterocycles. The summed E-state index contributed by atoms with van der Waals surface area (Å²) in [5, 5.41) is 15.0. The van der Waals surface area contributed by atoms with Crippen LogP contribution in [0.2, 0.25) is 5.02 Å². The molecule has 5 heteroatoms. The van der Waals surface area contributed by atoms with Crippen LogP contribution in [0.15, 0.2) is 78.9 Å². The highest BCUT2D eigenvalue weighted by molar-refractivity contribution is 6.30. The van der Waals surface area contributed by atoms with Crippen LogP contribution in [0.1, 0.15) is 44.9 Å². The Kier molecular flexibility index (Phi) is 6.73. The zero-order valence-electron chi connectivity index (χ0n) is 18.2. The summed E-state index contributed by atoms with van der Waals surface area (Å²) in [5.74, 6) is 0. The van der Waals surface area contributed by atoms with Gasteiger partial charge in [-0.15, -0.1) is 0 Å². The number of halogens is 1. The molecule has 3 rings (SSSR count). The maximum atomic E-state index is 12.6. The second-order valence-corrected chi connectivity index (χ2v) is 9.16. The van der Waals surface area contributed by atoms with E-state index in [0.29, 0.717) is 16.1 Å². The second-order valence-electron chi connectivity index (χ2n) is 8.72. The Morgan fingerprint density at radius 3 is 1.97 bits per heavy atom. The summed E-state index contributed by atoms with van der Waals surface area (Å²) in [7, 11) is 0. The lowest BCUT2D eigenvalue weighted by Crippen LogP contribution is -2.44. The molecule has 0 radical (unpaired) electrons. The van der Waals surface area contributed by atoms with Crippen molar-refractivity contribution >= 4 is 17.7 Å². The number of carbonyl (C=O) groups excluding carboxylic acids is 1. The fourth-order valence-corrected chi connectivity index (χ4v) is 3.55. The molecule has 162 valence electrons. The number of hydrogen-bond donors (Lipinski definition) is 2. The molecule has 0 bridgehead atoms. The lowest BCUT2D eigenvalue weighted by molar-refractivity contribution is 0.00144. The SMILES string of the molecule is CC(C)(C)OC(=O)NC(c1ccc(Cl)cc1)C(C)(O)c1ccc(-c2ccccc2)cc1. The average molecular weight is 438 g/mol. The van der Waals surface area contributed by atoms with Crippen molar-refractivity contribution in [1.29, 1.82) is 0 Å². The lowest BCUT2D eigenvalue weighted by atomic mass is 9.83. The Balaban J connectivity index is 1.94. The van der Waals surface area contributed by atoms with Crippen molar-refractivity contribution in [3.05, 3.63) is 95.0 Å². The van der Waals surface area contributed by atoms with Crippen molar-refractivity contribution in [2.75, 3.05) is 0 Å². The van der Waals surface area contributed by atoms with E-state index >= 15 is 0 Å². The van der Waals surface area contributed by atoms with Crippen LogP contribution in [-0.4, -0.2) is 16.8 Å². The van der Waals surface area contributed by atoms with E-state index in [0.717, 1.165) is 11.1 Å². The van der Waals surface area contributed by atoms with Gasteiger partial charge in [-0.3, -0.25) is 0 Å². The van der Waals surface area contributed by atoms with Crippen molar-refractivity contribution in [2.45, 2.75) is 44.9 Å². The maximum absolute atomic E-state index is 12.6. The number of alkyl carbamates (subject to hydrolysis) is 1. The van der Waals surface area contributed by atoms with Gasteiger partial charge in [0.25, 0.3) is 0 Å². The predicted octanol–water partition coefficient (Wildman–Crippen LogP) is 6.48. The average Bonchev–Trinajstić information content (AvgIpc) is 2.72. The summed E-state index contributed by atoms with van der Waals surface area (Å²) in [6.07, 6.45) is -0.603. The number of ether oxygens (including phenoxy) is 1. The third kappa shape index (κ3) is 5.87. The van der Waals surface area contributed by atoms with Gasteiger partial charge in [-0.25, -0.2) is 4.79 Å². The first-order chi connectivity index (χ1) is 14.6. The molecule has 0 spiro atoms. The zero-order chi connectivity index (χ0) is 22.6. The molecule has 0 fully saturated rings. The first-order valence-electron chi connectivity index (χ1n) is 10.2. The second kappa shape index (κ2) is 9.13. The summed E-state index contributed by atoms with van der Waals surface area (Å²) < 4.78 is 5.43. The van der Waals surface area contributed by atoms with E-state index in [1.807, 2.05) is 54.6 Å². The van der Waals surface area contributed by atoms with Crippen LogP contribution in [0.5, 0.6) is 0 Å². The molecular weight excluding hydrogens is 410 g/mol. The number of nitrogens with one attached hydrogen (secondary N) is 1. The van der Waals surface area contributed by atoms with Gasteiger partial charge in [-0.05, 0) is 62.1 Å². The third-order valence-corrected chi connectivity index (χ3v) is 5.25. The summed E-state index contributed by atoms with van der Waals surface area (Å²) in [4.78, 5) is 12.6. The Morgan fingerprint density at radius 2 is 1.42 bits per heavy atom. The highest BCUT2D eigenvalue weighted by atomic mass is 35.5. The van der Waals surface area contributed by atoms with E-state index in [2.05, 4.69) is 5.32 Å². The third-order valence-electron chi connectivity index (χ3n) is 5.00. The van der Waals surface area contributed by atoms with Crippen LogP contribution in [0.3, 0.4) is 0 Å². The van der Waals surface area contributed by atoms with Crippen molar-refractivity contribution in [3.8, 4) is 11.1 Å². The van der Waals surface area contributed by atoms with Gasteiger partial charge >= 0.3 is 6.09 Å². The molecule has 0 saturated heterocycles. The Labute approximate surface area is 188 Å². The van der Waals surface area contributed by atoms with Crippen LogP contribution in [0, 0.1) is 0 Å². The van der Waals surface area contributed by atoms with E-state index in [9.17, 15) is 9.90 Å². The van der Waals surface area contributed by atoms with Crippen LogP contribution in [-0.2, 0) is 10.3 Å². The standard InChI is InChI=1S/C26H28ClNO3/c1-25(2,3)31-24(29)28-23(20-12-16-22(27)17-13-20)26(4,30)21-14-10-19(11-15-21)18-8-6-5-7-9-18/h5-17,23,30H,1-4H3,(H,28,29). The predicted molar refractivity (Wildman–Crippen MR) is 125 cm³/mol. The van der Waals surface area contributed by atoms with Gasteiger partial charge in [0.1, 0.15) is 11.2 Å². The molecule has 3 aromatic carbocycles. The number of aliphatic hydroxyl groups is 1. The number of carbonyl (C=O) groups is 1. The lowest BCUT2D eigenvalue weighted by Gasteiger charge is -2.35. The van der Waals surface area contributed by atoms with Crippen molar-refractivity contribution in [2.24, 2.45) is 0 Å². The van der Waals surface area contributed by atoms with E-state index in [1.54, 1.807) is 52.0 Å². The normalized spacial score (nSPS) is 14.4. The topological polar surface area (TPSA) is 58.6 Å². The molecular formula is C26H28ClNO3. The Bertz CT molecular complexity index is 1010. The first kappa shape index (κ1) is 22.9. The fraction of sp³-hybridized carbons (Fsp3) is 0.269.